The van der Waals surface area contributed by atoms with Crippen molar-refractivity contribution in [2.75, 3.05) is 6.61 Å². The van der Waals surface area contributed by atoms with Gasteiger partial charge in [0.2, 0.25) is 0 Å². The van der Waals surface area contributed by atoms with E-state index in [0.717, 1.165) is 27.8 Å². The van der Waals surface area contributed by atoms with Crippen LogP contribution in [0.5, 0.6) is 0 Å². The highest BCUT2D eigenvalue weighted by Gasteiger charge is 2.62. The number of rotatable bonds is 8. The van der Waals surface area contributed by atoms with Crippen LogP contribution in [-0.2, 0) is 43.7 Å². The number of aliphatic hydroxyl groups is 6. The van der Waals surface area contributed by atoms with Gasteiger partial charge in [-0.3, -0.25) is 0 Å². The predicted octanol–water partition coefficient (Wildman–Crippen LogP) is 6.24. The topological polar surface area (TPSA) is 303 Å². The highest BCUT2D eigenvalue weighted by atomic mass is 31.2. The molecule has 0 aliphatic rings. The molecular weight excluding hydrogens is 909 g/mol. The van der Waals surface area contributed by atoms with E-state index in [1.54, 1.807) is 6.07 Å². The maximum absolute atomic E-state index is 14.4. The van der Waals surface area contributed by atoms with Crippen LogP contribution in [0.2, 0.25) is 0 Å². The zero-order valence-electron chi connectivity index (χ0n) is 42.2. The molecule has 3 aromatic rings. The molecule has 0 unspecified atom stereocenters. The lowest BCUT2D eigenvalue weighted by atomic mass is 9.58. The Kier molecular flexibility index (Phi) is 23.4. The van der Waals surface area contributed by atoms with Crippen LogP contribution in [0.1, 0.15) is 175 Å². The smallest absolute Gasteiger partial charge is 0.324 e. The highest BCUT2D eigenvalue weighted by Crippen LogP contribution is 2.55. The van der Waals surface area contributed by atoms with E-state index in [-0.39, 0.29) is 21.8 Å². The van der Waals surface area contributed by atoms with Gasteiger partial charge in [0.25, 0.3) is 0 Å². The maximum atomic E-state index is 14.4. The molecule has 4 atom stereocenters. The number of benzene rings is 3. The Morgan fingerprint density at radius 3 is 0.818 bits per heavy atom. The molecule has 0 saturated carbocycles. The van der Waals surface area contributed by atoms with Crippen LogP contribution < -0.4 is 0 Å². The fourth-order valence-corrected chi connectivity index (χ4v) is 7.55. The molecule has 0 aromatic heterocycles. The van der Waals surface area contributed by atoms with Crippen LogP contribution in [-0.4, -0.2) is 99.6 Å². The first-order valence-electron chi connectivity index (χ1n) is 21.4. The second-order valence-electron chi connectivity index (χ2n) is 22.7. The third-order valence-corrected chi connectivity index (χ3v) is 11.2. The fourth-order valence-electron chi connectivity index (χ4n) is 7.55. The average Bonchev–Trinajstić information content (AvgIpc) is 3.12. The highest BCUT2D eigenvalue weighted by molar-refractivity contribution is 7.38. The minimum absolute atomic E-state index is 0.210. The summed E-state index contributed by atoms with van der Waals surface area (Å²) >= 11 is 0. The standard InChI is InChI=1S/C48H74O6.3H3O3P/c1-41(2,3)29-19-22-32(35(25-29)44(10,11)12)47(53,33-23-20-30(42(4,5)6)26-36(33)45(13,14)15)48(54,40(52)39(51)38(50)28-49)34-24-21-31(43(7,8)9)27-37(34)46(16,17)18;3*1-4(2)3/h19-27,38-40,49-54H,28H2,1-18H3;3*1-3H/t38-,39-,40+,48-;;;/m1.../s1. The Hall–Kier alpha value is -1.65. The van der Waals surface area contributed by atoms with Crippen LogP contribution in [0.3, 0.4) is 0 Å². The molecule has 0 saturated heterocycles. The lowest BCUT2D eigenvalue weighted by Crippen LogP contribution is -2.64. The van der Waals surface area contributed by atoms with Gasteiger partial charge >= 0.3 is 25.8 Å². The molecule has 66 heavy (non-hydrogen) atoms. The van der Waals surface area contributed by atoms with E-state index in [0.29, 0.717) is 16.7 Å². The minimum atomic E-state index is -2.71. The van der Waals surface area contributed by atoms with Gasteiger partial charge in [-0.05, 0) is 82.6 Å². The largest absolute Gasteiger partial charge is 0.394 e. The molecule has 15 N–H and O–H groups in total. The average molecular weight is 993 g/mol. The van der Waals surface area contributed by atoms with Gasteiger partial charge < -0.3 is 74.7 Å². The summed E-state index contributed by atoms with van der Waals surface area (Å²) < 4.78 is 0. The summed E-state index contributed by atoms with van der Waals surface area (Å²) in [5.41, 5.74) is -1.56. The molecule has 18 heteroatoms. The van der Waals surface area contributed by atoms with Crippen molar-refractivity contribution in [1.29, 1.82) is 0 Å². The molecule has 15 nitrogen and oxygen atoms in total. The molecular formula is C48H83O15P3. The van der Waals surface area contributed by atoms with Gasteiger partial charge in [0.05, 0.1) is 6.61 Å². The van der Waals surface area contributed by atoms with Gasteiger partial charge in [0, 0.05) is 0 Å². The van der Waals surface area contributed by atoms with E-state index >= 15 is 0 Å². The first kappa shape index (κ1) is 64.3. The van der Waals surface area contributed by atoms with E-state index in [4.69, 9.17) is 44.0 Å². The molecule has 380 valence electrons. The van der Waals surface area contributed by atoms with E-state index in [1.165, 1.54) is 0 Å². The summed E-state index contributed by atoms with van der Waals surface area (Å²) in [5, 5.41) is 74.0. The number of hydrogen-bond donors (Lipinski definition) is 15. The second-order valence-corrected chi connectivity index (χ2v) is 24.4. The third kappa shape index (κ3) is 17.3. The van der Waals surface area contributed by atoms with E-state index < -0.39 is 78.2 Å². The first-order valence-corrected chi connectivity index (χ1v) is 25.0. The zero-order chi connectivity index (χ0) is 52.7. The summed E-state index contributed by atoms with van der Waals surface area (Å²) in [5.74, 6) is 0. The van der Waals surface area contributed by atoms with Crippen molar-refractivity contribution in [1.82, 2.24) is 0 Å². The van der Waals surface area contributed by atoms with Gasteiger partial charge in [-0.2, -0.15) is 0 Å². The normalized spacial score (nSPS) is 15.5. The third-order valence-electron chi connectivity index (χ3n) is 11.2. The van der Waals surface area contributed by atoms with E-state index in [2.05, 4.69) is 116 Å². The Morgan fingerprint density at radius 2 is 0.606 bits per heavy atom. The predicted molar refractivity (Wildman–Crippen MR) is 264 cm³/mol. The number of hydrogen-bond acceptors (Lipinski definition) is 15. The molecule has 3 aromatic carbocycles. The summed E-state index contributed by atoms with van der Waals surface area (Å²) in [6.07, 6.45) is -6.07. The molecule has 0 heterocycles. The Morgan fingerprint density at radius 1 is 0.379 bits per heavy atom. The van der Waals surface area contributed by atoms with Gasteiger partial charge in [0.15, 0.2) is 11.2 Å². The van der Waals surface area contributed by atoms with Gasteiger partial charge in [-0.25, -0.2) is 0 Å². The molecule has 0 aliphatic carbocycles. The van der Waals surface area contributed by atoms with Crippen molar-refractivity contribution in [3.05, 3.63) is 105 Å². The maximum Gasteiger partial charge on any atom is 0.324 e. The van der Waals surface area contributed by atoms with Gasteiger partial charge in [0.1, 0.15) is 18.3 Å². The second kappa shape index (κ2) is 24.0. The van der Waals surface area contributed by atoms with Crippen LogP contribution in [0.25, 0.3) is 0 Å². The van der Waals surface area contributed by atoms with Crippen molar-refractivity contribution in [3.63, 3.8) is 0 Å². The van der Waals surface area contributed by atoms with Crippen LogP contribution in [0, 0.1) is 0 Å². The Balaban J connectivity index is 0.00000313. The van der Waals surface area contributed by atoms with Crippen molar-refractivity contribution in [2.24, 2.45) is 0 Å². The van der Waals surface area contributed by atoms with E-state index in [1.807, 2.05) is 57.2 Å². The van der Waals surface area contributed by atoms with Crippen LogP contribution in [0.15, 0.2) is 54.6 Å². The quantitative estimate of drug-likeness (QED) is 0.111. The van der Waals surface area contributed by atoms with Crippen molar-refractivity contribution >= 4 is 25.8 Å². The van der Waals surface area contributed by atoms with Crippen molar-refractivity contribution in [2.45, 2.75) is 187 Å². The lowest BCUT2D eigenvalue weighted by Gasteiger charge is -2.52. The summed E-state index contributed by atoms with van der Waals surface area (Å²) in [4.78, 5) is 65.1. The Bertz CT molecular complexity index is 1870. The van der Waals surface area contributed by atoms with Gasteiger partial charge in [-0.15, -0.1) is 0 Å². The molecule has 0 radical (unpaired) electrons. The fraction of sp³-hybridized carbons (Fsp3) is 0.625. The van der Waals surface area contributed by atoms with E-state index in [9.17, 15) is 30.6 Å². The molecule has 0 aliphatic heterocycles. The van der Waals surface area contributed by atoms with Crippen LogP contribution in [0.4, 0.5) is 0 Å². The monoisotopic (exact) mass is 992 g/mol. The van der Waals surface area contributed by atoms with Crippen LogP contribution >= 0.6 is 25.8 Å². The van der Waals surface area contributed by atoms with Gasteiger partial charge in [-0.1, -0.05) is 179 Å². The summed E-state index contributed by atoms with van der Waals surface area (Å²) in [6.45, 7) is 36.6. The minimum Gasteiger partial charge on any atom is -0.394 e. The SMILES string of the molecule is CC(C)(C)c1ccc(C(O)(c2ccc(C(C)(C)C)cc2C(C)(C)C)[C@@](O)(c2ccc(C(C)(C)C)cc2C(C)(C)C)[C@@H](O)[C@H](O)[C@H](O)CO)c(C(C)(C)C)c1.OP(O)O.OP(O)O.OP(O)O. The summed E-state index contributed by atoms with van der Waals surface area (Å²) in [7, 11) is -7.86. The number of aliphatic hydroxyl groups excluding tert-OH is 4. The lowest BCUT2D eigenvalue weighted by molar-refractivity contribution is -0.234. The molecule has 0 amide bonds. The molecule has 3 rings (SSSR count). The summed E-state index contributed by atoms with van der Waals surface area (Å²) in [6, 6.07) is 17.5. The first-order chi connectivity index (χ1) is 29.2. The Labute approximate surface area is 397 Å². The molecule has 0 spiro atoms. The molecule has 0 bridgehead atoms. The zero-order valence-corrected chi connectivity index (χ0v) is 44.9. The molecule has 0 fully saturated rings. The van der Waals surface area contributed by atoms with Crippen molar-refractivity contribution in [3.8, 4) is 0 Å². The van der Waals surface area contributed by atoms with Crippen molar-refractivity contribution < 1.29 is 74.7 Å².